The Morgan fingerprint density at radius 1 is 0.968 bits per heavy atom. The van der Waals surface area contributed by atoms with Crippen molar-refractivity contribution in [2.24, 2.45) is 0 Å². The molecule has 6 nitrogen and oxygen atoms in total. The zero-order chi connectivity index (χ0) is 22.2. The Hall–Kier alpha value is -3.87. The van der Waals surface area contributed by atoms with Crippen LogP contribution in [-0.2, 0) is 11.3 Å². The van der Waals surface area contributed by atoms with E-state index in [0.29, 0.717) is 22.6 Å². The van der Waals surface area contributed by atoms with Gasteiger partial charge in [-0.05, 0) is 54.1 Å². The Morgan fingerprint density at radius 2 is 1.65 bits per heavy atom. The highest BCUT2D eigenvalue weighted by Gasteiger charge is 2.13. The summed E-state index contributed by atoms with van der Waals surface area (Å²) in [4.78, 5) is 26.1. The van der Waals surface area contributed by atoms with Crippen LogP contribution in [0.25, 0.3) is 0 Å². The summed E-state index contributed by atoms with van der Waals surface area (Å²) >= 11 is 0. The molecule has 0 saturated carbocycles. The van der Waals surface area contributed by atoms with E-state index < -0.39 is 5.82 Å². The number of halogens is 1. The van der Waals surface area contributed by atoms with E-state index in [-0.39, 0.29) is 30.7 Å². The largest absolute Gasteiger partial charge is 0.494 e. The number of nitrogens with one attached hydrogen (secondary N) is 1. The lowest BCUT2D eigenvalue weighted by Crippen LogP contribution is -2.37. The van der Waals surface area contributed by atoms with Crippen LogP contribution in [-0.4, -0.2) is 37.4 Å². The quantitative estimate of drug-likeness (QED) is 0.596. The lowest BCUT2D eigenvalue weighted by molar-refractivity contribution is -0.129. The molecule has 1 N–H and O–H groups in total. The maximum absolute atomic E-state index is 13.8. The SMILES string of the molecule is COc1ccc(CN(C)C(=O)CNC(=O)c2ccc(Oc3ccccc3)cc2)cc1F. The Labute approximate surface area is 180 Å². The van der Waals surface area contributed by atoms with Crippen molar-refractivity contribution < 1.29 is 23.5 Å². The van der Waals surface area contributed by atoms with Crippen LogP contribution in [0, 0.1) is 5.82 Å². The monoisotopic (exact) mass is 422 g/mol. The van der Waals surface area contributed by atoms with E-state index in [1.807, 2.05) is 30.3 Å². The maximum atomic E-state index is 13.8. The van der Waals surface area contributed by atoms with Gasteiger partial charge >= 0.3 is 0 Å². The summed E-state index contributed by atoms with van der Waals surface area (Å²) in [5.74, 6) is 0.284. The minimum Gasteiger partial charge on any atom is -0.494 e. The van der Waals surface area contributed by atoms with Crippen LogP contribution in [0.4, 0.5) is 4.39 Å². The Morgan fingerprint density at radius 3 is 2.29 bits per heavy atom. The van der Waals surface area contributed by atoms with Gasteiger partial charge in [0.1, 0.15) is 11.5 Å². The number of hydrogen-bond acceptors (Lipinski definition) is 4. The van der Waals surface area contributed by atoms with E-state index in [9.17, 15) is 14.0 Å². The van der Waals surface area contributed by atoms with Crippen molar-refractivity contribution in [3.8, 4) is 17.2 Å². The fourth-order valence-electron chi connectivity index (χ4n) is 2.86. The number of methoxy groups -OCH3 is 1. The molecule has 0 atom stereocenters. The van der Waals surface area contributed by atoms with E-state index in [2.05, 4.69) is 5.32 Å². The third-order valence-electron chi connectivity index (χ3n) is 4.56. The van der Waals surface area contributed by atoms with Gasteiger partial charge in [-0.25, -0.2) is 4.39 Å². The number of nitrogens with zero attached hydrogens (tertiary/aromatic N) is 1. The fraction of sp³-hybridized carbons (Fsp3) is 0.167. The molecule has 0 unspecified atom stereocenters. The molecule has 7 heteroatoms. The Kier molecular flexibility index (Phi) is 7.22. The summed E-state index contributed by atoms with van der Waals surface area (Å²) in [6, 6.07) is 20.5. The molecule has 0 radical (unpaired) electrons. The Balaban J connectivity index is 1.50. The average Bonchev–Trinajstić information content (AvgIpc) is 2.78. The number of hydrogen-bond donors (Lipinski definition) is 1. The molecule has 0 heterocycles. The molecular weight excluding hydrogens is 399 g/mol. The fourth-order valence-corrected chi connectivity index (χ4v) is 2.86. The van der Waals surface area contributed by atoms with Crippen molar-refractivity contribution in [2.75, 3.05) is 20.7 Å². The van der Waals surface area contributed by atoms with Gasteiger partial charge in [-0.2, -0.15) is 0 Å². The van der Waals surface area contributed by atoms with Crippen molar-refractivity contribution in [3.05, 3.63) is 89.7 Å². The standard InChI is InChI=1S/C24H23FN2O4/c1-27(16-17-8-13-22(30-2)21(25)14-17)23(28)15-26-24(29)18-9-11-20(12-10-18)31-19-6-4-3-5-7-19/h3-14H,15-16H2,1-2H3,(H,26,29). The molecule has 0 spiro atoms. The predicted molar refractivity (Wildman–Crippen MR) is 115 cm³/mol. The topological polar surface area (TPSA) is 67.9 Å². The molecule has 2 amide bonds. The summed E-state index contributed by atoms with van der Waals surface area (Å²) in [5.41, 5.74) is 1.03. The first-order chi connectivity index (χ1) is 15.0. The number of para-hydroxylation sites is 1. The average molecular weight is 422 g/mol. The highest BCUT2D eigenvalue weighted by atomic mass is 19.1. The van der Waals surface area contributed by atoms with Crippen molar-refractivity contribution in [3.63, 3.8) is 0 Å². The lowest BCUT2D eigenvalue weighted by atomic mass is 10.2. The van der Waals surface area contributed by atoms with E-state index in [1.165, 1.54) is 24.1 Å². The van der Waals surface area contributed by atoms with Gasteiger partial charge in [-0.3, -0.25) is 9.59 Å². The van der Waals surface area contributed by atoms with Crippen LogP contribution in [0.2, 0.25) is 0 Å². The van der Waals surface area contributed by atoms with Crippen molar-refractivity contribution in [2.45, 2.75) is 6.54 Å². The number of ether oxygens (including phenoxy) is 2. The molecule has 0 aliphatic carbocycles. The molecule has 31 heavy (non-hydrogen) atoms. The zero-order valence-corrected chi connectivity index (χ0v) is 17.3. The van der Waals surface area contributed by atoms with Crippen LogP contribution in [0.5, 0.6) is 17.2 Å². The molecule has 3 aromatic rings. The number of likely N-dealkylation sites (N-methyl/N-ethyl adjacent to an activating group) is 1. The summed E-state index contributed by atoms with van der Waals surface area (Å²) in [6.07, 6.45) is 0. The van der Waals surface area contributed by atoms with Crippen LogP contribution in [0.1, 0.15) is 15.9 Å². The summed E-state index contributed by atoms with van der Waals surface area (Å²) in [7, 11) is 2.98. The van der Waals surface area contributed by atoms with Gasteiger partial charge in [0.05, 0.1) is 13.7 Å². The second-order valence-electron chi connectivity index (χ2n) is 6.84. The molecule has 160 valence electrons. The van der Waals surface area contributed by atoms with Gasteiger partial charge in [0.25, 0.3) is 5.91 Å². The first-order valence-electron chi connectivity index (χ1n) is 9.64. The molecule has 3 aromatic carbocycles. The highest BCUT2D eigenvalue weighted by molar-refractivity contribution is 5.96. The molecule has 0 aromatic heterocycles. The molecule has 0 aliphatic heterocycles. The smallest absolute Gasteiger partial charge is 0.251 e. The maximum Gasteiger partial charge on any atom is 0.251 e. The minimum absolute atomic E-state index is 0.144. The zero-order valence-electron chi connectivity index (χ0n) is 17.3. The van der Waals surface area contributed by atoms with E-state index in [4.69, 9.17) is 9.47 Å². The van der Waals surface area contributed by atoms with E-state index in [0.717, 1.165) is 0 Å². The van der Waals surface area contributed by atoms with E-state index >= 15 is 0 Å². The number of amides is 2. The number of carbonyl (C=O) groups excluding carboxylic acids is 2. The van der Waals surface area contributed by atoms with Crippen LogP contribution < -0.4 is 14.8 Å². The van der Waals surface area contributed by atoms with E-state index in [1.54, 1.807) is 37.4 Å². The van der Waals surface area contributed by atoms with Gasteiger partial charge in [-0.1, -0.05) is 24.3 Å². The Bertz CT molecular complexity index is 1040. The van der Waals surface area contributed by atoms with Gasteiger partial charge in [0.15, 0.2) is 11.6 Å². The van der Waals surface area contributed by atoms with Gasteiger partial charge < -0.3 is 19.7 Å². The van der Waals surface area contributed by atoms with Crippen LogP contribution in [0.3, 0.4) is 0 Å². The number of carbonyl (C=O) groups is 2. The third kappa shape index (κ3) is 6.05. The first kappa shape index (κ1) is 21.8. The third-order valence-corrected chi connectivity index (χ3v) is 4.56. The molecule has 3 rings (SSSR count). The summed E-state index contributed by atoms with van der Waals surface area (Å²) < 4.78 is 24.4. The molecule has 0 saturated heterocycles. The van der Waals surface area contributed by atoms with Crippen LogP contribution >= 0.6 is 0 Å². The number of rotatable bonds is 8. The van der Waals surface area contributed by atoms with Crippen molar-refractivity contribution in [1.82, 2.24) is 10.2 Å². The molecule has 0 aliphatic rings. The first-order valence-corrected chi connectivity index (χ1v) is 9.64. The minimum atomic E-state index is -0.492. The predicted octanol–water partition coefficient (Wildman–Crippen LogP) is 4.02. The summed E-state index contributed by atoms with van der Waals surface area (Å²) in [6.45, 7) is 0.0391. The van der Waals surface area contributed by atoms with Crippen molar-refractivity contribution >= 4 is 11.8 Å². The number of benzene rings is 3. The lowest BCUT2D eigenvalue weighted by Gasteiger charge is -2.18. The van der Waals surface area contributed by atoms with Crippen molar-refractivity contribution in [1.29, 1.82) is 0 Å². The molecule has 0 fully saturated rings. The highest BCUT2D eigenvalue weighted by Crippen LogP contribution is 2.21. The van der Waals surface area contributed by atoms with Gasteiger partial charge in [0.2, 0.25) is 5.91 Å². The summed E-state index contributed by atoms with van der Waals surface area (Å²) in [5, 5.41) is 2.60. The molecule has 0 bridgehead atoms. The van der Waals surface area contributed by atoms with Crippen LogP contribution in [0.15, 0.2) is 72.8 Å². The second-order valence-corrected chi connectivity index (χ2v) is 6.84. The second kappa shape index (κ2) is 10.2. The molecular formula is C24H23FN2O4. The van der Waals surface area contributed by atoms with Gasteiger partial charge in [-0.15, -0.1) is 0 Å². The normalized spacial score (nSPS) is 10.3. The van der Waals surface area contributed by atoms with Gasteiger partial charge in [0, 0.05) is 19.2 Å².